The maximum absolute atomic E-state index is 12.7. The second-order valence-corrected chi connectivity index (χ2v) is 7.65. The smallest absolute Gasteiger partial charge is 0.267 e. The van der Waals surface area contributed by atoms with E-state index in [4.69, 9.17) is 0 Å². The molecule has 27 heavy (non-hydrogen) atoms. The first-order valence-corrected chi connectivity index (χ1v) is 9.85. The lowest BCUT2D eigenvalue weighted by molar-refractivity contribution is 0.103. The van der Waals surface area contributed by atoms with Crippen LogP contribution >= 0.6 is 11.3 Å². The molecule has 3 aromatic rings. The fourth-order valence-electron chi connectivity index (χ4n) is 3.35. The van der Waals surface area contributed by atoms with E-state index in [-0.39, 0.29) is 5.91 Å². The molecule has 1 amide bonds. The first-order valence-electron chi connectivity index (χ1n) is 9.03. The van der Waals surface area contributed by atoms with E-state index in [1.807, 2.05) is 19.1 Å². The quantitative estimate of drug-likeness (QED) is 0.740. The number of hydrogen-bond acceptors (Lipinski definition) is 6. The van der Waals surface area contributed by atoms with E-state index in [9.17, 15) is 4.79 Å². The number of anilines is 2. The first-order chi connectivity index (χ1) is 13.1. The number of nitrogens with one attached hydrogen (secondary N) is 1. The Labute approximate surface area is 162 Å². The van der Waals surface area contributed by atoms with Gasteiger partial charge >= 0.3 is 0 Å². The molecule has 0 atom stereocenters. The highest BCUT2D eigenvalue weighted by molar-refractivity contribution is 7.17. The normalized spacial score (nSPS) is 13.8. The Morgan fingerprint density at radius 2 is 1.89 bits per heavy atom. The van der Waals surface area contributed by atoms with Gasteiger partial charge in [-0.1, -0.05) is 0 Å². The molecule has 1 aliphatic rings. The Kier molecular flexibility index (Phi) is 4.85. The summed E-state index contributed by atoms with van der Waals surface area (Å²) in [5.74, 6) is 0.385. The summed E-state index contributed by atoms with van der Waals surface area (Å²) in [4.78, 5) is 28.6. The van der Waals surface area contributed by atoms with Gasteiger partial charge in [0.1, 0.15) is 4.88 Å². The van der Waals surface area contributed by atoms with E-state index in [2.05, 4.69) is 38.2 Å². The lowest BCUT2D eigenvalue weighted by atomic mass is 10.1. The van der Waals surface area contributed by atoms with Gasteiger partial charge in [0.15, 0.2) is 10.8 Å². The first kappa shape index (κ1) is 17.6. The summed E-state index contributed by atoms with van der Waals surface area (Å²) in [6, 6.07) is 7.85. The van der Waals surface area contributed by atoms with Gasteiger partial charge in [0.25, 0.3) is 5.91 Å². The minimum absolute atomic E-state index is 0.152. The third-order valence-corrected chi connectivity index (χ3v) is 5.81. The summed E-state index contributed by atoms with van der Waals surface area (Å²) in [7, 11) is 0. The fraction of sp³-hybridized carbons (Fsp3) is 0.300. The molecule has 6 nitrogen and oxygen atoms in total. The number of carbonyl (C=O) groups is 1. The Balaban J connectivity index is 1.52. The van der Waals surface area contributed by atoms with Crippen molar-refractivity contribution in [1.29, 1.82) is 0 Å². The standard InChI is InChI=1S/C20H21N5OS/c1-13-12-15(6-7-16(13)25-10-3-4-11-25)24-19(26)17-14(2)23-20(27-17)18-21-8-5-9-22-18/h5-9,12H,3-4,10-11H2,1-2H3,(H,24,26). The van der Waals surface area contributed by atoms with E-state index in [1.54, 1.807) is 18.5 Å². The Morgan fingerprint density at radius 3 is 2.59 bits per heavy atom. The predicted octanol–water partition coefficient (Wildman–Crippen LogP) is 4.07. The molecule has 0 radical (unpaired) electrons. The number of nitrogens with zero attached hydrogens (tertiary/aromatic N) is 4. The Hall–Kier alpha value is -2.80. The molecule has 2 aromatic heterocycles. The van der Waals surface area contributed by atoms with E-state index in [0.717, 1.165) is 18.8 Å². The van der Waals surface area contributed by atoms with Crippen LogP contribution in [0.1, 0.15) is 33.8 Å². The number of benzene rings is 1. The third kappa shape index (κ3) is 3.68. The van der Waals surface area contributed by atoms with Gasteiger partial charge in [-0.15, -0.1) is 11.3 Å². The molecule has 1 aromatic carbocycles. The predicted molar refractivity (Wildman–Crippen MR) is 108 cm³/mol. The van der Waals surface area contributed by atoms with Gasteiger partial charge in [0.2, 0.25) is 0 Å². The minimum atomic E-state index is -0.152. The van der Waals surface area contributed by atoms with Crippen molar-refractivity contribution in [3.63, 3.8) is 0 Å². The fourth-order valence-corrected chi connectivity index (χ4v) is 4.26. The topological polar surface area (TPSA) is 71.0 Å². The van der Waals surface area contributed by atoms with E-state index in [0.29, 0.717) is 21.4 Å². The van der Waals surface area contributed by atoms with Crippen molar-refractivity contribution in [2.75, 3.05) is 23.3 Å². The molecule has 1 N–H and O–H groups in total. The molecule has 0 unspecified atom stereocenters. The summed E-state index contributed by atoms with van der Waals surface area (Å²) in [5, 5.41) is 3.65. The molecular formula is C20H21N5OS. The van der Waals surface area contributed by atoms with E-state index < -0.39 is 0 Å². The molecule has 138 valence electrons. The van der Waals surface area contributed by atoms with Crippen LogP contribution in [0, 0.1) is 13.8 Å². The highest BCUT2D eigenvalue weighted by Gasteiger charge is 2.19. The summed E-state index contributed by atoms with van der Waals surface area (Å²) in [6.07, 6.45) is 5.83. The van der Waals surface area contributed by atoms with Gasteiger partial charge in [-0.05, 0) is 56.5 Å². The van der Waals surface area contributed by atoms with Gasteiger partial charge in [0, 0.05) is 36.9 Å². The molecule has 0 saturated carbocycles. The van der Waals surface area contributed by atoms with Gasteiger partial charge in [-0.2, -0.15) is 0 Å². The van der Waals surface area contributed by atoms with Crippen molar-refractivity contribution in [3.8, 4) is 10.8 Å². The average Bonchev–Trinajstić information content (AvgIpc) is 3.32. The van der Waals surface area contributed by atoms with Crippen LogP contribution in [0.5, 0.6) is 0 Å². The van der Waals surface area contributed by atoms with Crippen LogP contribution in [-0.4, -0.2) is 33.9 Å². The van der Waals surface area contributed by atoms with Crippen LogP contribution in [0.25, 0.3) is 10.8 Å². The van der Waals surface area contributed by atoms with Crippen molar-refractivity contribution in [1.82, 2.24) is 15.0 Å². The highest BCUT2D eigenvalue weighted by atomic mass is 32.1. The number of rotatable bonds is 4. The molecular weight excluding hydrogens is 358 g/mol. The Bertz CT molecular complexity index is 964. The van der Waals surface area contributed by atoms with Gasteiger partial charge < -0.3 is 10.2 Å². The van der Waals surface area contributed by atoms with Crippen LogP contribution in [0.2, 0.25) is 0 Å². The SMILES string of the molecule is Cc1cc(NC(=O)c2sc(-c3ncccn3)nc2C)ccc1N1CCCC1. The molecule has 1 fully saturated rings. The molecule has 1 aliphatic heterocycles. The van der Waals surface area contributed by atoms with Crippen LogP contribution in [0.15, 0.2) is 36.7 Å². The number of thiazole rings is 1. The molecule has 1 saturated heterocycles. The summed E-state index contributed by atoms with van der Waals surface area (Å²) >= 11 is 1.31. The summed E-state index contributed by atoms with van der Waals surface area (Å²) in [5.41, 5.74) is 3.91. The Morgan fingerprint density at radius 1 is 1.15 bits per heavy atom. The van der Waals surface area contributed by atoms with Crippen molar-refractivity contribution in [3.05, 3.63) is 52.8 Å². The second kappa shape index (κ2) is 7.44. The number of carbonyl (C=O) groups excluding carboxylic acids is 1. The van der Waals surface area contributed by atoms with Crippen molar-refractivity contribution < 1.29 is 4.79 Å². The number of hydrogen-bond donors (Lipinski definition) is 1. The van der Waals surface area contributed by atoms with Gasteiger partial charge in [0.05, 0.1) is 5.69 Å². The number of aryl methyl sites for hydroxylation is 2. The zero-order chi connectivity index (χ0) is 18.8. The zero-order valence-corrected chi connectivity index (χ0v) is 16.2. The van der Waals surface area contributed by atoms with Crippen molar-refractivity contribution in [2.45, 2.75) is 26.7 Å². The van der Waals surface area contributed by atoms with Crippen LogP contribution in [-0.2, 0) is 0 Å². The monoisotopic (exact) mass is 379 g/mol. The van der Waals surface area contributed by atoms with Crippen LogP contribution in [0.3, 0.4) is 0 Å². The summed E-state index contributed by atoms with van der Waals surface area (Å²) < 4.78 is 0. The molecule has 4 rings (SSSR count). The van der Waals surface area contributed by atoms with E-state index >= 15 is 0 Å². The van der Waals surface area contributed by atoms with Crippen LogP contribution < -0.4 is 10.2 Å². The molecule has 3 heterocycles. The third-order valence-electron chi connectivity index (χ3n) is 4.66. The molecule has 0 bridgehead atoms. The number of aromatic nitrogens is 3. The zero-order valence-electron chi connectivity index (χ0n) is 15.4. The maximum Gasteiger partial charge on any atom is 0.267 e. The summed E-state index contributed by atoms with van der Waals surface area (Å²) in [6.45, 7) is 6.14. The maximum atomic E-state index is 12.7. The number of amides is 1. The average molecular weight is 379 g/mol. The molecule has 0 aliphatic carbocycles. The second-order valence-electron chi connectivity index (χ2n) is 6.66. The van der Waals surface area contributed by atoms with Crippen LogP contribution in [0.4, 0.5) is 11.4 Å². The lowest BCUT2D eigenvalue weighted by Crippen LogP contribution is -2.19. The van der Waals surface area contributed by atoms with Gasteiger partial charge in [-0.25, -0.2) is 15.0 Å². The van der Waals surface area contributed by atoms with Crippen molar-refractivity contribution in [2.24, 2.45) is 0 Å². The largest absolute Gasteiger partial charge is 0.371 e. The molecule has 7 heteroatoms. The van der Waals surface area contributed by atoms with Crippen molar-refractivity contribution >= 4 is 28.6 Å². The molecule has 0 spiro atoms. The van der Waals surface area contributed by atoms with E-state index in [1.165, 1.54) is 35.4 Å². The highest BCUT2D eigenvalue weighted by Crippen LogP contribution is 2.29. The lowest BCUT2D eigenvalue weighted by Gasteiger charge is -2.20. The minimum Gasteiger partial charge on any atom is -0.371 e. The van der Waals surface area contributed by atoms with Gasteiger partial charge in [-0.3, -0.25) is 4.79 Å².